The highest BCUT2D eigenvalue weighted by Crippen LogP contribution is 2.24. The normalized spacial score (nSPS) is 10.1. The van der Waals surface area contributed by atoms with E-state index in [0.717, 1.165) is 0 Å². The number of benzene rings is 3. The van der Waals surface area contributed by atoms with Crippen molar-refractivity contribution in [3.05, 3.63) is 82.8 Å². The van der Waals surface area contributed by atoms with Crippen LogP contribution in [0.25, 0.3) is 0 Å². The Labute approximate surface area is 177 Å². The summed E-state index contributed by atoms with van der Waals surface area (Å²) >= 11 is 11.8. The Kier molecular flexibility index (Phi) is 6.94. The molecule has 0 saturated carbocycles. The summed E-state index contributed by atoms with van der Waals surface area (Å²) in [5.74, 6) is 0.977. The van der Waals surface area contributed by atoms with Crippen molar-refractivity contribution in [3.63, 3.8) is 0 Å². The molecule has 0 aromatic heterocycles. The molecule has 8 heteroatoms. The third kappa shape index (κ3) is 6.41. The lowest BCUT2D eigenvalue weighted by molar-refractivity contribution is -0.121. The zero-order valence-corrected chi connectivity index (χ0v) is 16.5. The number of halogens is 2. The van der Waals surface area contributed by atoms with Crippen molar-refractivity contribution >= 4 is 40.8 Å². The molecule has 0 aliphatic rings. The van der Waals surface area contributed by atoms with Crippen LogP contribution >= 0.6 is 23.2 Å². The van der Waals surface area contributed by atoms with Crippen LogP contribution in [0.5, 0.6) is 17.2 Å². The third-order valence-electron chi connectivity index (χ3n) is 3.61. The van der Waals surface area contributed by atoms with E-state index < -0.39 is 11.9 Å². The Bertz CT molecular complexity index is 992. The van der Waals surface area contributed by atoms with E-state index in [4.69, 9.17) is 32.7 Å². The minimum absolute atomic E-state index is 0.342. The molecule has 0 saturated heterocycles. The number of ether oxygens (including phenoxy) is 2. The Morgan fingerprint density at radius 3 is 2.10 bits per heavy atom. The molecule has 0 fully saturated rings. The van der Waals surface area contributed by atoms with Crippen LogP contribution in [-0.4, -0.2) is 18.5 Å². The van der Waals surface area contributed by atoms with Gasteiger partial charge in [-0.2, -0.15) is 0 Å². The molecule has 0 aliphatic heterocycles. The topological polar surface area (TPSA) is 76.7 Å². The van der Waals surface area contributed by atoms with Gasteiger partial charge in [0.2, 0.25) is 0 Å². The average molecular weight is 431 g/mol. The maximum atomic E-state index is 11.9. The number of amides is 3. The first-order valence-corrected chi connectivity index (χ1v) is 9.27. The molecule has 0 heterocycles. The van der Waals surface area contributed by atoms with E-state index >= 15 is 0 Å². The van der Waals surface area contributed by atoms with Crippen molar-refractivity contribution in [2.24, 2.45) is 0 Å². The van der Waals surface area contributed by atoms with Crippen LogP contribution in [0.15, 0.2) is 72.8 Å². The van der Waals surface area contributed by atoms with Crippen molar-refractivity contribution in [3.8, 4) is 17.2 Å². The second-order valence-corrected chi connectivity index (χ2v) is 6.65. The summed E-state index contributed by atoms with van der Waals surface area (Å²) in [7, 11) is 0. The van der Waals surface area contributed by atoms with Crippen LogP contribution in [0.2, 0.25) is 10.0 Å². The molecular formula is C21H16Cl2N2O4. The molecule has 6 nitrogen and oxygen atoms in total. The van der Waals surface area contributed by atoms with Gasteiger partial charge in [0.25, 0.3) is 5.91 Å². The van der Waals surface area contributed by atoms with Crippen LogP contribution in [-0.2, 0) is 4.79 Å². The molecule has 3 aromatic carbocycles. The smallest absolute Gasteiger partial charge is 0.325 e. The number of rotatable bonds is 6. The minimum atomic E-state index is -0.677. The number of para-hydroxylation sites is 1. The van der Waals surface area contributed by atoms with E-state index in [1.165, 1.54) is 0 Å². The van der Waals surface area contributed by atoms with E-state index in [1.54, 1.807) is 72.8 Å². The Morgan fingerprint density at radius 2 is 1.45 bits per heavy atom. The van der Waals surface area contributed by atoms with Gasteiger partial charge in [-0.3, -0.25) is 10.1 Å². The summed E-state index contributed by atoms with van der Waals surface area (Å²) in [6.45, 7) is -0.342. The predicted octanol–water partition coefficient (Wildman–Crippen LogP) is 5.51. The predicted molar refractivity (Wildman–Crippen MR) is 112 cm³/mol. The number of carbonyl (C=O) groups is 2. The van der Waals surface area contributed by atoms with E-state index in [9.17, 15) is 9.59 Å². The molecule has 0 unspecified atom stereocenters. The third-order valence-corrected chi connectivity index (χ3v) is 4.17. The fourth-order valence-corrected chi connectivity index (χ4v) is 2.59. The highest BCUT2D eigenvalue weighted by Gasteiger charge is 2.10. The van der Waals surface area contributed by atoms with Gasteiger partial charge in [-0.1, -0.05) is 35.3 Å². The largest absolute Gasteiger partial charge is 0.482 e. The molecule has 29 heavy (non-hydrogen) atoms. The quantitative estimate of drug-likeness (QED) is 0.540. The van der Waals surface area contributed by atoms with Gasteiger partial charge >= 0.3 is 6.03 Å². The molecule has 3 rings (SSSR count). The second kappa shape index (κ2) is 9.82. The lowest BCUT2D eigenvalue weighted by atomic mass is 10.3. The van der Waals surface area contributed by atoms with Gasteiger partial charge in [0.15, 0.2) is 6.61 Å². The monoisotopic (exact) mass is 430 g/mol. The van der Waals surface area contributed by atoms with E-state index in [2.05, 4.69) is 10.6 Å². The van der Waals surface area contributed by atoms with E-state index in [1.807, 2.05) is 0 Å². The van der Waals surface area contributed by atoms with Gasteiger partial charge in [0.1, 0.15) is 17.2 Å². The molecule has 3 amide bonds. The first-order valence-electron chi connectivity index (χ1n) is 8.51. The number of carbonyl (C=O) groups excluding carboxylic acids is 2. The van der Waals surface area contributed by atoms with Gasteiger partial charge in [0.05, 0.1) is 5.02 Å². The van der Waals surface area contributed by atoms with Gasteiger partial charge in [-0.15, -0.1) is 0 Å². The summed E-state index contributed by atoms with van der Waals surface area (Å²) in [5.41, 5.74) is 0.491. The van der Waals surface area contributed by atoms with Crippen LogP contribution in [0.1, 0.15) is 0 Å². The second-order valence-electron chi connectivity index (χ2n) is 5.80. The van der Waals surface area contributed by atoms with Crippen molar-refractivity contribution in [2.45, 2.75) is 0 Å². The average Bonchev–Trinajstić information content (AvgIpc) is 2.70. The lowest BCUT2D eigenvalue weighted by Gasteiger charge is -2.10. The first-order chi connectivity index (χ1) is 14.0. The zero-order chi connectivity index (χ0) is 20.6. The molecule has 0 bridgehead atoms. The first kappa shape index (κ1) is 20.5. The summed E-state index contributed by atoms with van der Waals surface area (Å²) in [6, 6.07) is 19.7. The number of urea groups is 1. The van der Waals surface area contributed by atoms with Crippen molar-refractivity contribution in [1.82, 2.24) is 5.32 Å². The minimum Gasteiger partial charge on any atom is -0.482 e. The number of hydrogen-bond donors (Lipinski definition) is 2. The van der Waals surface area contributed by atoms with Crippen LogP contribution in [0.4, 0.5) is 10.5 Å². The number of anilines is 1. The Balaban J connectivity index is 1.46. The summed E-state index contributed by atoms with van der Waals surface area (Å²) in [5, 5.41) is 5.73. The van der Waals surface area contributed by atoms with Crippen molar-refractivity contribution < 1.29 is 19.1 Å². The van der Waals surface area contributed by atoms with Gasteiger partial charge in [-0.25, -0.2) is 4.79 Å². The summed E-state index contributed by atoms with van der Waals surface area (Å²) < 4.78 is 11.0. The highest BCUT2D eigenvalue weighted by atomic mass is 35.5. The SMILES string of the molecule is O=C(COc1ccccc1Cl)NC(=O)Nc1ccc(Oc2ccc(Cl)cc2)cc1. The van der Waals surface area contributed by atoms with E-state index in [-0.39, 0.29) is 6.61 Å². The van der Waals surface area contributed by atoms with Gasteiger partial charge in [0, 0.05) is 10.7 Å². The van der Waals surface area contributed by atoms with Gasteiger partial charge < -0.3 is 14.8 Å². The molecule has 3 aromatic rings. The van der Waals surface area contributed by atoms with Crippen LogP contribution in [0.3, 0.4) is 0 Å². The van der Waals surface area contributed by atoms with Crippen LogP contribution < -0.4 is 20.1 Å². The molecule has 0 atom stereocenters. The molecule has 0 aliphatic carbocycles. The Morgan fingerprint density at radius 1 is 0.828 bits per heavy atom. The highest BCUT2D eigenvalue weighted by molar-refractivity contribution is 6.32. The van der Waals surface area contributed by atoms with Crippen LogP contribution in [0, 0.1) is 0 Å². The van der Waals surface area contributed by atoms with Crippen molar-refractivity contribution in [1.29, 1.82) is 0 Å². The fraction of sp³-hybridized carbons (Fsp3) is 0.0476. The molecule has 0 spiro atoms. The summed E-state index contributed by atoms with van der Waals surface area (Å²) in [4.78, 5) is 23.8. The fourth-order valence-electron chi connectivity index (χ4n) is 2.28. The van der Waals surface area contributed by atoms with Gasteiger partial charge in [-0.05, 0) is 60.7 Å². The molecule has 2 N–H and O–H groups in total. The molecule has 0 radical (unpaired) electrons. The maximum Gasteiger partial charge on any atom is 0.325 e. The number of nitrogens with one attached hydrogen (secondary N) is 2. The number of imide groups is 1. The zero-order valence-electron chi connectivity index (χ0n) is 15.0. The molecule has 148 valence electrons. The maximum absolute atomic E-state index is 11.9. The molecular weight excluding hydrogens is 415 g/mol. The number of hydrogen-bond acceptors (Lipinski definition) is 4. The van der Waals surface area contributed by atoms with Crippen molar-refractivity contribution in [2.75, 3.05) is 11.9 Å². The van der Waals surface area contributed by atoms with E-state index in [0.29, 0.717) is 33.0 Å². The Hall–Kier alpha value is -3.22. The standard InChI is InChI=1S/C21H16Cl2N2O4/c22-14-5-9-16(10-6-14)29-17-11-7-15(8-12-17)24-21(27)25-20(26)13-28-19-4-2-1-3-18(19)23/h1-12H,13H2,(H2,24,25,26,27). The lowest BCUT2D eigenvalue weighted by Crippen LogP contribution is -2.37. The summed E-state index contributed by atoms with van der Waals surface area (Å²) in [6.07, 6.45) is 0.